The van der Waals surface area contributed by atoms with Crippen LogP contribution in [0.4, 0.5) is 0 Å². The zero-order valence-corrected chi connectivity index (χ0v) is 13.1. The molecule has 0 bridgehead atoms. The molecule has 0 atom stereocenters. The molecule has 1 saturated carbocycles. The van der Waals surface area contributed by atoms with Crippen LogP contribution in [0.15, 0.2) is 24.3 Å². The highest BCUT2D eigenvalue weighted by molar-refractivity contribution is 5.81. The molecule has 2 aliphatic rings. The number of hydrogen-bond acceptors (Lipinski definition) is 3. The molecule has 4 nitrogen and oxygen atoms in total. The van der Waals surface area contributed by atoms with E-state index in [2.05, 4.69) is 6.92 Å². The van der Waals surface area contributed by atoms with E-state index in [1.54, 1.807) is 0 Å². The van der Waals surface area contributed by atoms with Crippen LogP contribution in [0.1, 0.15) is 44.6 Å². The van der Waals surface area contributed by atoms with Crippen LogP contribution >= 0.6 is 0 Å². The Morgan fingerprint density at radius 1 is 1.18 bits per heavy atom. The van der Waals surface area contributed by atoms with E-state index < -0.39 is 11.4 Å². The van der Waals surface area contributed by atoms with Gasteiger partial charge in [-0.1, -0.05) is 38.3 Å². The van der Waals surface area contributed by atoms with Crippen LogP contribution in [0.25, 0.3) is 0 Å². The molecule has 0 spiro atoms. The van der Waals surface area contributed by atoms with Crippen LogP contribution in [0.3, 0.4) is 0 Å². The highest BCUT2D eigenvalue weighted by Crippen LogP contribution is 2.40. The number of ether oxygens (including phenoxy) is 2. The average Bonchev–Trinajstić information content (AvgIpc) is 2.52. The minimum Gasteiger partial charge on any atom is -0.493 e. The van der Waals surface area contributed by atoms with Gasteiger partial charge in [0.25, 0.3) is 0 Å². The fourth-order valence-electron chi connectivity index (χ4n) is 3.44. The van der Waals surface area contributed by atoms with E-state index in [9.17, 15) is 9.90 Å². The molecule has 1 N–H and O–H groups in total. The van der Waals surface area contributed by atoms with Crippen molar-refractivity contribution in [2.75, 3.05) is 19.8 Å². The largest absolute Gasteiger partial charge is 0.493 e. The normalized spacial score (nSPS) is 22.6. The number of benzene rings is 1. The molecule has 1 aliphatic heterocycles. The van der Waals surface area contributed by atoms with E-state index in [1.165, 1.54) is 0 Å². The maximum Gasteiger partial charge on any atom is 0.314 e. The van der Waals surface area contributed by atoms with Crippen LogP contribution in [-0.2, 0) is 14.9 Å². The van der Waals surface area contributed by atoms with Crippen LogP contribution in [0.5, 0.6) is 5.75 Å². The van der Waals surface area contributed by atoms with Gasteiger partial charge >= 0.3 is 5.97 Å². The molecule has 1 aromatic carbocycles. The fourth-order valence-corrected chi connectivity index (χ4v) is 3.44. The zero-order chi connectivity index (χ0) is 15.6. The first-order valence-electron chi connectivity index (χ1n) is 8.09. The van der Waals surface area contributed by atoms with Gasteiger partial charge in [0.1, 0.15) is 5.75 Å². The van der Waals surface area contributed by atoms with Crippen molar-refractivity contribution in [3.63, 3.8) is 0 Å². The highest BCUT2D eigenvalue weighted by Gasteiger charge is 2.41. The Bertz CT molecular complexity index is 525. The molecular weight excluding hydrogens is 280 g/mol. The standard InChI is InChI=1S/C18H24O4/c1-17(11-21-12-17)13-22-15-7-5-14(6-8-15)18(16(19)20)9-3-2-4-10-18/h5-8H,2-4,9-13H2,1H3,(H,19,20). The molecule has 1 aromatic rings. The number of hydrogen-bond donors (Lipinski definition) is 1. The van der Waals surface area contributed by atoms with Crippen molar-refractivity contribution in [1.82, 2.24) is 0 Å². The van der Waals surface area contributed by atoms with Gasteiger partial charge in [0.2, 0.25) is 0 Å². The fraction of sp³-hybridized carbons (Fsp3) is 0.611. The van der Waals surface area contributed by atoms with E-state index in [1.807, 2.05) is 24.3 Å². The lowest BCUT2D eigenvalue weighted by atomic mass is 9.69. The number of carboxylic acid groups (broad SMARTS) is 1. The van der Waals surface area contributed by atoms with E-state index in [0.717, 1.165) is 56.6 Å². The maximum atomic E-state index is 11.8. The third kappa shape index (κ3) is 2.84. The monoisotopic (exact) mass is 304 g/mol. The van der Waals surface area contributed by atoms with Crippen LogP contribution in [0.2, 0.25) is 0 Å². The van der Waals surface area contributed by atoms with Crippen molar-refractivity contribution in [2.45, 2.75) is 44.4 Å². The summed E-state index contributed by atoms with van der Waals surface area (Å²) in [6.45, 7) is 4.27. The average molecular weight is 304 g/mol. The van der Waals surface area contributed by atoms with Gasteiger partial charge in [-0.05, 0) is 30.5 Å². The summed E-state index contributed by atoms with van der Waals surface area (Å²) < 4.78 is 11.0. The van der Waals surface area contributed by atoms with Gasteiger partial charge in [0, 0.05) is 5.41 Å². The molecule has 1 heterocycles. The third-order valence-electron chi connectivity index (χ3n) is 5.01. The number of aliphatic carboxylic acids is 1. The molecule has 3 rings (SSSR count). The SMILES string of the molecule is CC1(COc2ccc(C3(C(=O)O)CCCCC3)cc2)COC1. The van der Waals surface area contributed by atoms with Gasteiger partial charge < -0.3 is 14.6 Å². The van der Waals surface area contributed by atoms with Gasteiger partial charge in [0.15, 0.2) is 0 Å². The Balaban J connectivity index is 1.70. The molecule has 120 valence electrons. The zero-order valence-electron chi connectivity index (χ0n) is 13.1. The van der Waals surface area contributed by atoms with Crippen molar-refractivity contribution in [1.29, 1.82) is 0 Å². The van der Waals surface area contributed by atoms with Gasteiger partial charge in [-0.15, -0.1) is 0 Å². The summed E-state index contributed by atoms with van der Waals surface area (Å²) in [4.78, 5) is 11.8. The molecule has 4 heteroatoms. The maximum absolute atomic E-state index is 11.8. The first-order valence-corrected chi connectivity index (χ1v) is 8.09. The predicted molar refractivity (Wildman–Crippen MR) is 83.3 cm³/mol. The second-order valence-electron chi connectivity index (χ2n) is 7.06. The van der Waals surface area contributed by atoms with Gasteiger partial charge in [-0.3, -0.25) is 4.79 Å². The Morgan fingerprint density at radius 3 is 2.32 bits per heavy atom. The Hall–Kier alpha value is -1.55. The summed E-state index contributed by atoms with van der Waals surface area (Å²) in [7, 11) is 0. The third-order valence-corrected chi connectivity index (χ3v) is 5.01. The number of carbonyl (C=O) groups is 1. The van der Waals surface area contributed by atoms with E-state index in [4.69, 9.17) is 9.47 Å². The molecule has 0 unspecified atom stereocenters. The second kappa shape index (κ2) is 5.92. The number of carboxylic acids is 1. The van der Waals surface area contributed by atoms with Crippen molar-refractivity contribution < 1.29 is 19.4 Å². The molecule has 22 heavy (non-hydrogen) atoms. The van der Waals surface area contributed by atoms with Crippen molar-refractivity contribution >= 4 is 5.97 Å². The smallest absolute Gasteiger partial charge is 0.314 e. The molecule has 2 fully saturated rings. The lowest BCUT2D eigenvalue weighted by molar-refractivity contribution is -0.145. The topological polar surface area (TPSA) is 55.8 Å². The first-order chi connectivity index (χ1) is 10.5. The van der Waals surface area contributed by atoms with Crippen LogP contribution < -0.4 is 4.74 Å². The summed E-state index contributed by atoms with van der Waals surface area (Å²) in [5, 5.41) is 9.72. The van der Waals surface area contributed by atoms with E-state index >= 15 is 0 Å². The predicted octanol–water partition coefficient (Wildman–Crippen LogP) is 3.39. The van der Waals surface area contributed by atoms with Crippen LogP contribution in [0, 0.1) is 5.41 Å². The van der Waals surface area contributed by atoms with Gasteiger partial charge in [0.05, 0.1) is 25.2 Å². The van der Waals surface area contributed by atoms with E-state index in [-0.39, 0.29) is 5.41 Å². The van der Waals surface area contributed by atoms with E-state index in [0.29, 0.717) is 6.61 Å². The summed E-state index contributed by atoms with van der Waals surface area (Å²) in [5.74, 6) is 0.105. The lowest BCUT2D eigenvalue weighted by Crippen LogP contribution is -2.44. The Morgan fingerprint density at radius 2 is 1.82 bits per heavy atom. The summed E-state index contributed by atoms with van der Waals surface area (Å²) >= 11 is 0. The number of rotatable bonds is 5. The highest BCUT2D eigenvalue weighted by atomic mass is 16.5. The quantitative estimate of drug-likeness (QED) is 0.906. The summed E-state index contributed by atoms with van der Waals surface area (Å²) in [6.07, 6.45) is 4.58. The molecule has 0 aromatic heterocycles. The van der Waals surface area contributed by atoms with Crippen molar-refractivity contribution in [2.24, 2.45) is 5.41 Å². The minimum absolute atomic E-state index is 0.115. The lowest BCUT2D eigenvalue weighted by Gasteiger charge is -2.37. The molecular formula is C18H24O4. The molecule has 0 amide bonds. The van der Waals surface area contributed by atoms with Crippen molar-refractivity contribution in [3.05, 3.63) is 29.8 Å². The van der Waals surface area contributed by atoms with Crippen molar-refractivity contribution in [3.8, 4) is 5.75 Å². The Kier molecular flexibility index (Phi) is 4.13. The molecule has 1 saturated heterocycles. The first kappa shape index (κ1) is 15.3. The Labute approximate surface area is 131 Å². The molecule has 1 aliphatic carbocycles. The summed E-state index contributed by atoms with van der Waals surface area (Å²) in [5.41, 5.74) is 0.319. The van der Waals surface area contributed by atoms with Gasteiger partial charge in [-0.25, -0.2) is 0 Å². The molecule has 0 radical (unpaired) electrons. The second-order valence-corrected chi connectivity index (χ2v) is 7.06. The minimum atomic E-state index is -0.704. The van der Waals surface area contributed by atoms with Gasteiger partial charge in [-0.2, -0.15) is 0 Å². The van der Waals surface area contributed by atoms with Crippen LogP contribution in [-0.4, -0.2) is 30.9 Å². The summed E-state index contributed by atoms with van der Waals surface area (Å²) in [6, 6.07) is 7.65.